The fraction of sp³-hybridized carbons (Fsp3) is 0.971. The third-order valence-corrected chi connectivity index (χ3v) is 8.00. The molecular weight excluding hydrogens is 452 g/mol. The van der Waals surface area contributed by atoms with Gasteiger partial charge in [0, 0.05) is 6.42 Å². The summed E-state index contributed by atoms with van der Waals surface area (Å²) < 4.78 is 5.36. The number of hydrogen-bond donors (Lipinski definition) is 0. The average molecular weight is 523 g/mol. The van der Waals surface area contributed by atoms with Crippen LogP contribution < -0.4 is 0 Å². The van der Waals surface area contributed by atoms with Gasteiger partial charge >= 0.3 is 5.97 Å². The maximum absolute atomic E-state index is 11.7. The SMILES string of the molecule is CCCCCCCCCCCCCCCCCCCCCCCCCCCOC(=O)CCCCCCC. The van der Waals surface area contributed by atoms with Gasteiger partial charge in [0.2, 0.25) is 0 Å². The van der Waals surface area contributed by atoms with E-state index in [0.717, 1.165) is 12.8 Å². The lowest BCUT2D eigenvalue weighted by Crippen LogP contribution is -2.05. The van der Waals surface area contributed by atoms with Crippen LogP contribution in [0.3, 0.4) is 0 Å². The Kier molecular flexibility index (Phi) is 33.0. The Morgan fingerprint density at radius 1 is 0.351 bits per heavy atom. The molecule has 0 heterocycles. The van der Waals surface area contributed by atoms with Crippen molar-refractivity contribution in [3.05, 3.63) is 0 Å². The minimum absolute atomic E-state index is 0.0147. The van der Waals surface area contributed by atoms with E-state index < -0.39 is 0 Å². The van der Waals surface area contributed by atoms with Crippen LogP contribution in [-0.4, -0.2) is 12.6 Å². The first-order valence-corrected chi connectivity index (χ1v) is 17.5. The fourth-order valence-corrected chi connectivity index (χ4v) is 5.37. The van der Waals surface area contributed by atoms with Crippen molar-refractivity contribution < 1.29 is 9.53 Å². The number of unbranched alkanes of at least 4 members (excludes halogenated alkanes) is 28. The first-order chi connectivity index (χ1) is 18.3. The van der Waals surface area contributed by atoms with E-state index in [-0.39, 0.29) is 5.97 Å². The summed E-state index contributed by atoms with van der Waals surface area (Å²) in [5, 5.41) is 0. The van der Waals surface area contributed by atoms with E-state index >= 15 is 0 Å². The molecular formula is C35H70O2. The van der Waals surface area contributed by atoms with E-state index in [1.807, 2.05) is 0 Å². The standard InChI is InChI=1S/C35H70O2/c1-3-5-7-9-10-11-12-13-14-15-16-17-18-19-20-21-22-23-24-25-26-27-28-30-32-34-37-35(36)33-31-29-8-6-4-2/h3-34H2,1-2H3. The van der Waals surface area contributed by atoms with Crippen molar-refractivity contribution in [2.24, 2.45) is 0 Å². The van der Waals surface area contributed by atoms with Crippen LogP contribution in [0, 0.1) is 0 Å². The van der Waals surface area contributed by atoms with Gasteiger partial charge in [-0.15, -0.1) is 0 Å². The summed E-state index contributed by atoms with van der Waals surface area (Å²) in [6.45, 7) is 5.15. The molecule has 2 heteroatoms. The lowest BCUT2D eigenvalue weighted by Gasteiger charge is -2.05. The minimum atomic E-state index is 0.0147. The van der Waals surface area contributed by atoms with Gasteiger partial charge in [-0.3, -0.25) is 4.79 Å². The molecule has 0 amide bonds. The second kappa shape index (κ2) is 33.5. The zero-order valence-corrected chi connectivity index (χ0v) is 25.9. The Hall–Kier alpha value is -0.530. The fourth-order valence-electron chi connectivity index (χ4n) is 5.37. The van der Waals surface area contributed by atoms with Crippen LogP contribution in [0.4, 0.5) is 0 Å². The van der Waals surface area contributed by atoms with Gasteiger partial charge in [-0.1, -0.05) is 194 Å². The summed E-state index contributed by atoms with van der Waals surface area (Å²) in [4.78, 5) is 11.7. The molecule has 0 rings (SSSR count). The van der Waals surface area contributed by atoms with Crippen LogP contribution in [0.5, 0.6) is 0 Å². The highest BCUT2D eigenvalue weighted by atomic mass is 16.5. The van der Waals surface area contributed by atoms with E-state index in [2.05, 4.69) is 13.8 Å². The van der Waals surface area contributed by atoms with E-state index in [4.69, 9.17) is 4.74 Å². The summed E-state index contributed by atoms with van der Waals surface area (Å²) in [5.41, 5.74) is 0. The van der Waals surface area contributed by atoms with Gasteiger partial charge in [-0.25, -0.2) is 0 Å². The molecule has 0 bridgehead atoms. The van der Waals surface area contributed by atoms with Crippen molar-refractivity contribution in [1.82, 2.24) is 0 Å². The number of carbonyl (C=O) groups excluding carboxylic acids is 1. The van der Waals surface area contributed by atoms with E-state index in [1.54, 1.807) is 0 Å². The molecule has 2 nitrogen and oxygen atoms in total. The molecule has 0 fully saturated rings. The van der Waals surface area contributed by atoms with Gasteiger partial charge in [0.1, 0.15) is 0 Å². The van der Waals surface area contributed by atoms with Gasteiger partial charge in [-0.05, 0) is 12.8 Å². The highest BCUT2D eigenvalue weighted by Crippen LogP contribution is 2.16. The average Bonchev–Trinajstić information content (AvgIpc) is 2.90. The first-order valence-electron chi connectivity index (χ1n) is 17.5. The van der Waals surface area contributed by atoms with Crippen molar-refractivity contribution in [2.45, 2.75) is 213 Å². The van der Waals surface area contributed by atoms with Crippen LogP contribution in [0.2, 0.25) is 0 Å². The van der Waals surface area contributed by atoms with Crippen LogP contribution in [0.25, 0.3) is 0 Å². The number of hydrogen-bond acceptors (Lipinski definition) is 2. The number of ether oxygens (including phenoxy) is 1. The lowest BCUT2D eigenvalue weighted by molar-refractivity contribution is -0.143. The van der Waals surface area contributed by atoms with Crippen LogP contribution in [-0.2, 0) is 9.53 Å². The Labute approximate surface area is 234 Å². The molecule has 0 aliphatic heterocycles. The third-order valence-electron chi connectivity index (χ3n) is 8.00. The van der Waals surface area contributed by atoms with Crippen molar-refractivity contribution in [2.75, 3.05) is 6.61 Å². The normalized spacial score (nSPS) is 11.3. The molecule has 0 spiro atoms. The summed E-state index contributed by atoms with van der Waals surface area (Å²) in [6, 6.07) is 0. The van der Waals surface area contributed by atoms with Crippen molar-refractivity contribution in [3.63, 3.8) is 0 Å². The van der Waals surface area contributed by atoms with Gasteiger partial charge in [0.15, 0.2) is 0 Å². The van der Waals surface area contributed by atoms with Crippen molar-refractivity contribution in [3.8, 4) is 0 Å². The van der Waals surface area contributed by atoms with Crippen LogP contribution >= 0.6 is 0 Å². The van der Waals surface area contributed by atoms with Gasteiger partial charge in [0.25, 0.3) is 0 Å². The lowest BCUT2D eigenvalue weighted by atomic mass is 10.0. The van der Waals surface area contributed by atoms with E-state index in [1.165, 1.54) is 180 Å². The molecule has 222 valence electrons. The number of carbonyl (C=O) groups is 1. The minimum Gasteiger partial charge on any atom is -0.466 e. The zero-order chi connectivity index (χ0) is 26.9. The molecule has 0 aromatic carbocycles. The molecule has 0 unspecified atom stereocenters. The molecule has 0 aliphatic carbocycles. The quantitative estimate of drug-likeness (QED) is 0.0648. The largest absolute Gasteiger partial charge is 0.466 e. The summed E-state index contributed by atoms with van der Waals surface area (Å²) in [5.74, 6) is 0.0147. The maximum Gasteiger partial charge on any atom is 0.305 e. The predicted octanol–water partition coefficient (Wildman–Crippen LogP) is 12.7. The second-order valence-corrected chi connectivity index (χ2v) is 11.9. The molecule has 0 saturated carbocycles. The number of rotatable bonds is 32. The second-order valence-electron chi connectivity index (χ2n) is 11.9. The van der Waals surface area contributed by atoms with E-state index in [0.29, 0.717) is 13.0 Å². The van der Waals surface area contributed by atoms with Crippen molar-refractivity contribution in [1.29, 1.82) is 0 Å². The Morgan fingerprint density at radius 3 is 0.892 bits per heavy atom. The van der Waals surface area contributed by atoms with E-state index in [9.17, 15) is 4.79 Å². The molecule has 0 saturated heterocycles. The highest BCUT2D eigenvalue weighted by Gasteiger charge is 2.02. The van der Waals surface area contributed by atoms with Gasteiger partial charge < -0.3 is 4.74 Å². The molecule has 37 heavy (non-hydrogen) atoms. The summed E-state index contributed by atoms with van der Waals surface area (Å²) in [7, 11) is 0. The predicted molar refractivity (Wildman–Crippen MR) is 165 cm³/mol. The summed E-state index contributed by atoms with van der Waals surface area (Å²) >= 11 is 0. The van der Waals surface area contributed by atoms with Gasteiger partial charge in [-0.2, -0.15) is 0 Å². The third kappa shape index (κ3) is 33.4. The molecule has 0 radical (unpaired) electrons. The molecule has 0 atom stereocenters. The smallest absolute Gasteiger partial charge is 0.305 e. The summed E-state index contributed by atoms with van der Waals surface area (Å²) in [6.07, 6.45) is 41.9. The Balaban J connectivity index is 3.08. The maximum atomic E-state index is 11.7. The zero-order valence-electron chi connectivity index (χ0n) is 25.9. The first kappa shape index (κ1) is 36.5. The molecule has 0 N–H and O–H groups in total. The highest BCUT2D eigenvalue weighted by molar-refractivity contribution is 5.69. The van der Waals surface area contributed by atoms with Crippen LogP contribution in [0.1, 0.15) is 213 Å². The molecule has 0 aliphatic rings. The van der Waals surface area contributed by atoms with Gasteiger partial charge in [0.05, 0.1) is 6.61 Å². The molecule has 0 aromatic rings. The topological polar surface area (TPSA) is 26.3 Å². The molecule has 0 aromatic heterocycles. The van der Waals surface area contributed by atoms with Crippen molar-refractivity contribution >= 4 is 5.97 Å². The Morgan fingerprint density at radius 2 is 0.595 bits per heavy atom. The number of esters is 1. The Bertz CT molecular complexity index is 419. The monoisotopic (exact) mass is 523 g/mol. The van der Waals surface area contributed by atoms with Crippen LogP contribution in [0.15, 0.2) is 0 Å².